The largest absolute Gasteiger partial charge is 0.480 e. The van der Waals surface area contributed by atoms with Crippen LogP contribution in [0.25, 0.3) is 6.08 Å². The number of carbonyl (C=O) groups is 2. The van der Waals surface area contributed by atoms with Gasteiger partial charge < -0.3 is 21.9 Å². The Kier molecular flexibility index (Phi) is 30.1. The standard InChI is InChI=1S/C13H16N2O3.C7H12S.C4H11N.C4H10.C2H6/c1-3-9-6-10(5-4-8(9)2)12(16)15-7-11(14)13(17)18;1-5(2)7(8)6(3)4;1-2-3-4-5;1-4(2)3;1-2/h3-6,11H,1,7,14H2,2H3,(H,15,16)(H,17,18);8H,1H2,2-4H3;2-5H2,1H3;4H,1-3H3;1-2H3. The molecular weight excluding hydrogens is 482 g/mol. The number of hydrogen-bond acceptors (Lipinski definition) is 5. The second kappa shape index (κ2) is 26.7. The van der Waals surface area contributed by atoms with Crippen molar-refractivity contribution in [3.63, 3.8) is 0 Å². The van der Waals surface area contributed by atoms with E-state index in [0.29, 0.717) is 5.56 Å². The molecule has 1 atom stereocenters. The Labute approximate surface area is 233 Å². The van der Waals surface area contributed by atoms with Gasteiger partial charge in [0.1, 0.15) is 6.04 Å². The molecule has 0 aliphatic carbocycles. The predicted octanol–water partition coefficient (Wildman–Crippen LogP) is 7.00. The van der Waals surface area contributed by atoms with Crippen LogP contribution < -0.4 is 16.8 Å². The molecule has 0 aliphatic heterocycles. The molecule has 0 saturated heterocycles. The zero-order chi connectivity index (χ0) is 30.1. The second-order valence-corrected chi connectivity index (χ2v) is 9.38. The number of nitrogens with one attached hydrogen (secondary N) is 1. The molecule has 0 heterocycles. The molecule has 0 aliphatic rings. The first-order valence-electron chi connectivity index (χ1n) is 12.9. The SMILES string of the molecule is C=C(C)C(S)=C(C)C.C=Cc1cc(C(=O)NCC(N)C(=O)O)ccc1C.CC.CC(C)C.CCCCN. The van der Waals surface area contributed by atoms with Gasteiger partial charge >= 0.3 is 5.97 Å². The summed E-state index contributed by atoms with van der Waals surface area (Å²) in [6, 6.07) is 4.08. The maximum absolute atomic E-state index is 11.8. The van der Waals surface area contributed by atoms with Crippen molar-refractivity contribution in [2.75, 3.05) is 13.1 Å². The lowest BCUT2D eigenvalue weighted by Crippen LogP contribution is -2.42. The molecule has 1 unspecified atom stereocenters. The van der Waals surface area contributed by atoms with Gasteiger partial charge in [0.2, 0.25) is 0 Å². The number of amides is 1. The van der Waals surface area contributed by atoms with E-state index in [9.17, 15) is 9.59 Å². The molecule has 0 bridgehead atoms. The lowest BCUT2D eigenvalue weighted by molar-refractivity contribution is -0.138. The number of hydrogen-bond donors (Lipinski definition) is 5. The average Bonchev–Trinajstić information content (AvgIpc) is 2.84. The molecule has 6 N–H and O–H groups in total. The number of carbonyl (C=O) groups excluding carboxylic acids is 1. The van der Waals surface area contributed by atoms with Gasteiger partial charge in [-0.15, -0.1) is 12.6 Å². The van der Waals surface area contributed by atoms with Crippen molar-refractivity contribution < 1.29 is 14.7 Å². The van der Waals surface area contributed by atoms with Crippen molar-refractivity contribution in [2.24, 2.45) is 17.4 Å². The number of aryl methyl sites for hydroxylation is 1. The third-order valence-electron chi connectivity index (χ3n) is 4.00. The fourth-order valence-electron chi connectivity index (χ4n) is 2.02. The fraction of sp³-hybridized carbons (Fsp3) is 0.533. The molecule has 7 heteroatoms. The minimum atomic E-state index is -1.15. The van der Waals surface area contributed by atoms with Crippen molar-refractivity contribution in [1.29, 1.82) is 0 Å². The molecule has 214 valence electrons. The van der Waals surface area contributed by atoms with E-state index in [-0.39, 0.29) is 12.5 Å². The summed E-state index contributed by atoms with van der Waals surface area (Å²) in [4.78, 5) is 23.3. The van der Waals surface area contributed by atoms with Crippen LogP contribution in [-0.2, 0) is 4.79 Å². The number of rotatable bonds is 8. The second-order valence-electron chi connectivity index (χ2n) is 8.93. The third-order valence-corrected chi connectivity index (χ3v) is 4.83. The van der Waals surface area contributed by atoms with Gasteiger partial charge in [-0.1, -0.05) is 78.8 Å². The van der Waals surface area contributed by atoms with Crippen LogP contribution in [0.2, 0.25) is 0 Å². The Balaban J connectivity index is -0.000000236. The van der Waals surface area contributed by atoms with E-state index >= 15 is 0 Å². The Hall–Kier alpha value is -2.35. The maximum Gasteiger partial charge on any atom is 0.322 e. The minimum Gasteiger partial charge on any atom is -0.480 e. The number of allylic oxidation sites excluding steroid dienone is 2. The van der Waals surface area contributed by atoms with Gasteiger partial charge in [0, 0.05) is 17.0 Å². The quantitative estimate of drug-likeness (QED) is 0.181. The van der Waals surface area contributed by atoms with Crippen LogP contribution in [-0.4, -0.2) is 36.1 Å². The van der Waals surface area contributed by atoms with Gasteiger partial charge in [-0.05, 0) is 75.4 Å². The van der Waals surface area contributed by atoms with Crippen LogP contribution in [0.1, 0.15) is 96.6 Å². The highest BCUT2D eigenvalue weighted by Gasteiger charge is 2.13. The number of unbranched alkanes of at least 4 members (excludes halogenated alkanes) is 1. The number of benzene rings is 1. The normalized spacial score (nSPS) is 9.78. The smallest absolute Gasteiger partial charge is 0.322 e. The zero-order valence-electron chi connectivity index (χ0n) is 25.1. The lowest BCUT2D eigenvalue weighted by Gasteiger charge is -2.09. The monoisotopic (exact) mass is 537 g/mol. The molecule has 0 radical (unpaired) electrons. The van der Waals surface area contributed by atoms with E-state index in [2.05, 4.69) is 58.8 Å². The summed E-state index contributed by atoms with van der Waals surface area (Å²) in [6.45, 7) is 28.7. The number of thiol groups is 1. The average molecular weight is 538 g/mol. The summed E-state index contributed by atoms with van der Waals surface area (Å²) < 4.78 is 0. The fourth-order valence-corrected chi connectivity index (χ4v) is 2.02. The Morgan fingerprint density at radius 3 is 1.92 bits per heavy atom. The molecule has 1 aromatic carbocycles. The highest BCUT2D eigenvalue weighted by Crippen LogP contribution is 2.15. The van der Waals surface area contributed by atoms with E-state index in [1.54, 1.807) is 18.2 Å². The zero-order valence-corrected chi connectivity index (χ0v) is 26.0. The first-order valence-corrected chi connectivity index (χ1v) is 13.3. The first kappa shape index (κ1) is 41.8. The van der Waals surface area contributed by atoms with Crippen molar-refractivity contribution in [3.8, 4) is 0 Å². The van der Waals surface area contributed by atoms with Crippen molar-refractivity contribution >= 4 is 30.6 Å². The summed E-state index contributed by atoms with van der Waals surface area (Å²) in [6.07, 6.45) is 4.05. The summed E-state index contributed by atoms with van der Waals surface area (Å²) in [5, 5.41) is 11.1. The minimum absolute atomic E-state index is 0.106. The van der Waals surface area contributed by atoms with Gasteiger partial charge in [-0.25, -0.2) is 0 Å². The summed E-state index contributed by atoms with van der Waals surface area (Å²) >= 11 is 4.20. The number of carboxylic acid groups (broad SMARTS) is 1. The molecule has 0 aromatic heterocycles. The topological polar surface area (TPSA) is 118 Å². The van der Waals surface area contributed by atoms with E-state index in [1.807, 2.05) is 47.6 Å². The van der Waals surface area contributed by atoms with Crippen LogP contribution in [0.3, 0.4) is 0 Å². The van der Waals surface area contributed by atoms with Gasteiger partial charge in [-0.3, -0.25) is 9.59 Å². The number of nitrogens with two attached hydrogens (primary N) is 2. The summed E-state index contributed by atoms with van der Waals surface area (Å²) in [5.41, 5.74) is 15.0. The summed E-state index contributed by atoms with van der Waals surface area (Å²) in [5.74, 6) is -0.666. The molecule has 1 rings (SSSR count). The van der Waals surface area contributed by atoms with E-state index in [0.717, 1.165) is 34.1 Å². The maximum atomic E-state index is 11.8. The predicted molar refractivity (Wildman–Crippen MR) is 167 cm³/mol. The molecule has 37 heavy (non-hydrogen) atoms. The van der Waals surface area contributed by atoms with Gasteiger partial charge in [0.05, 0.1) is 0 Å². The Bertz CT molecular complexity index is 810. The molecular formula is C30H55N3O3S. The van der Waals surface area contributed by atoms with Crippen LogP contribution in [0.15, 0.2) is 47.4 Å². The van der Waals surface area contributed by atoms with E-state index < -0.39 is 12.0 Å². The molecule has 1 amide bonds. The van der Waals surface area contributed by atoms with Crippen molar-refractivity contribution in [2.45, 2.75) is 88.1 Å². The van der Waals surface area contributed by atoms with Crippen LogP contribution >= 0.6 is 12.6 Å². The van der Waals surface area contributed by atoms with Crippen LogP contribution in [0.4, 0.5) is 0 Å². The highest BCUT2D eigenvalue weighted by atomic mass is 32.1. The number of carboxylic acids is 1. The Morgan fingerprint density at radius 1 is 1.16 bits per heavy atom. The van der Waals surface area contributed by atoms with E-state index in [4.69, 9.17) is 16.6 Å². The molecule has 0 fully saturated rings. The van der Waals surface area contributed by atoms with Crippen LogP contribution in [0.5, 0.6) is 0 Å². The Morgan fingerprint density at radius 2 is 1.65 bits per heavy atom. The van der Waals surface area contributed by atoms with E-state index in [1.165, 1.54) is 18.4 Å². The lowest BCUT2D eigenvalue weighted by atomic mass is 10.0. The van der Waals surface area contributed by atoms with Gasteiger partial charge in [-0.2, -0.15) is 0 Å². The highest BCUT2D eigenvalue weighted by molar-refractivity contribution is 7.84. The molecule has 6 nitrogen and oxygen atoms in total. The van der Waals surface area contributed by atoms with Gasteiger partial charge in [0.15, 0.2) is 0 Å². The first-order chi connectivity index (χ1) is 17.2. The molecule has 1 aromatic rings. The molecule has 0 spiro atoms. The van der Waals surface area contributed by atoms with Crippen molar-refractivity contribution in [1.82, 2.24) is 5.32 Å². The number of aliphatic carboxylic acids is 1. The van der Waals surface area contributed by atoms with Gasteiger partial charge in [0.25, 0.3) is 5.91 Å². The summed E-state index contributed by atoms with van der Waals surface area (Å²) in [7, 11) is 0. The third kappa shape index (κ3) is 26.5. The van der Waals surface area contributed by atoms with Crippen LogP contribution in [0, 0.1) is 12.8 Å². The molecule has 0 saturated carbocycles. The van der Waals surface area contributed by atoms with Crippen molar-refractivity contribution in [3.05, 3.63) is 64.1 Å².